The minimum atomic E-state index is -1.47. The molecule has 0 unspecified atom stereocenters. The lowest BCUT2D eigenvalue weighted by Gasteiger charge is -2.19. The summed E-state index contributed by atoms with van der Waals surface area (Å²) in [5.41, 5.74) is 7.71. The third kappa shape index (κ3) is 25.1. The first kappa shape index (κ1) is 45.1. The highest BCUT2D eigenvalue weighted by atomic mass is 79.9. The average molecular weight is 853 g/mol. The van der Waals surface area contributed by atoms with Crippen molar-refractivity contribution in [3.8, 4) is 34.4 Å². The molecule has 0 fully saturated rings. The van der Waals surface area contributed by atoms with Crippen LogP contribution in [-0.2, 0) is 9.47 Å². The first-order valence-corrected chi connectivity index (χ1v) is 25.3. The van der Waals surface area contributed by atoms with Crippen molar-refractivity contribution in [2.45, 2.75) is 105 Å². The van der Waals surface area contributed by atoms with Gasteiger partial charge in [-0.05, 0) is 90.8 Å². The lowest BCUT2D eigenvalue weighted by atomic mass is 10.1. The number of benzene rings is 2. The summed E-state index contributed by atoms with van der Waals surface area (Å²) in [6.07, 6.45) is 0.585. The highest BCUT2D eigenvalue weighted by molar-refractivity contribution is 9.11. The Morgan fingerprint density at radius 1 is 0.620 bits per heavy atom. The van der Waals surface area contributed by atoms with Gasteiger partial charge in [0.25, 0.3) is 0 Å². The molecule has 0 aliphatic heterocycles. The van der Waals surface area contributed by atoms with Crippen LogP contribution in [-0.4, -0.2) is 65.8 Å². The SMILES string of the molecule is CC(C)(C)OC(=O)NCCCOc1cc(Br)cc(Br)c1.CC(C)(C)OC(=O)NCCCOc1cc(C#C[Si](C)(C)C)cc(C#C[Si](C)(C)C)c1. The van der Waals surface area contributed by atoms with Crippen molar-refractivity contribution in [3.05, 3.63) is 56.5 Å². The smallest absolute Gasteiger partial charge is 0.407 e. The van der Waals surface area contributed by atoms with E-state index in [9.17, 15) is 9.59 Å². The van der Waals surface area contributed by atoms with Crippen LogP contribution in [0.15, 0.2) is 45.3 Å². The van der Waals surface area contributed by atoms with Gasteiger partial charge >= 0.3 is 12.2 Å². The molecule has 0 bridgehead atoms. The van der Waals surface area contributed by atoms with Crippen molar-refractivity contribution in [1.29, 1.82) is 0 Å². The molecule has 2 rings (SSSR count). The van der Waals surface area contributed by atoms with Gasteiger partial charge in [-0.1, -0.05) is 83.0 Å². The van der Waals surface area contributed by atoms with Crippen molar-refractivity contribution in [3.63, 3.8) is 0 Å². The predicted molar refractivity (Wildman–Crippen MR) is 217 cm³/mol. The topological polar surface area (TPSA) is 95.1 Å². The Hall–Kier alpha value is -2.91. The highest BCUT2D eigenvalue weighted by Gasteiger charge is 2.16. The van der Waals surface area contributed by atoms with Crippen molar-refractivity contribution in [1.82, 2.24) is 10.6 Å². The standard InChI is InChI=1S/C24H37NO3Si2.C14H19Br2NO3/c1-24(2,3)28-23(26)25-13-10-14-27-22-18-20(11-15-29(4,5)6)17-21(19-22)12-16-30(7,8)9;1-14(2,3)20-13(18)17-5-4-6-19-12-8-10(15)7-11(16)9-12/h17-19H,10,13-14H2,1-9H3,(H,25,26);7-9H,4-6H2,1-3H3,(H,17,18). The molecule has 8 nitrogen and oxygen atoms in total. The first-order valence-electron chi connectivity index (χ1n) is 16.8. The number of ether oxygens (including phenoxy) is 4. The third-order valence-corrected chi connectivity index (χ3v) is 8.09. The van der Waals surface area contributed by atoms with Gasteiger partial charge < -0.3 is 29.6 Å². The fourth-order valence-corrected chi connectivity index (χ4v) is 5.78. The number of halogens is 2. The molecular formula is C38H56Br2N2O6Si2. The number of hydrogen-bond donors (Lipinski definition) is 2. The Balaban J connectivity index is 0.000000542. The molecule has 0 atom stereocenters. The zero-order valence-electron chi connectivity index (χ0n) is 31.9. The van der Waals surface area contributed by atoms with Gasteiger partial charge in [0.1, 0.15) is 38.8 Å². The summed E-state index contributed by atoms with van der Waals surface area (Å²) in [6.45, 7) is 26.4. The zero-order valence-corrected chi connectivity index (χ0v) is 37.1. The minimum absolute atomic E-state index is 0.400. The lowest BCUT2D eigenvalue weighted by Crippen LogP contribution is -2.33. The van der Waals surface area contributed by atoms with Crippen molar-refractivity contribution in [2.75, 3.05) is 26.3 Å². The molecular weight excluding hydrogens is 796 g/mol. The van der Waals surface area contributed by atoms with Gasteiger partial charge in [-0.2, -0.15) is 0 Å². The van der Waals surface area contributed by atoms with E-state index in [1.54, 1.807) is 0 Å². The zero-order chi connectivity index (χ0) is 38.2. The molecule has 0 aliphatic rings. The molecule has 2 aromatic rings. The van der Waals surface area contributed by atoms with Gasteiger partial charge in [-0.25, -0.2) is 9.59 Å². The third-order valence-electron chi connectivity index (χ3n) is 5.42. The Bertz CT molecular complexity index is 1460. The minimum Gasteiger partial charge on any atom is -0.493 e. The van der Waals surface area contributed by atoms with Gasteiger partial charge in [0.15, 0.2) is 0 Å². The Morgan fingerprint density at radius 3 is 1.32 bits per heavy atom. The van der Waals surface area contributed by atoms with E-state index >= 15 is 0 Å². The summed E-state index contributed by atoms with van der Waals surface area (Å²) in [4.78, 5) is 23.1. The molecule has 0 spiro atoms. The molecule has 0 saturated heterocycles. The van der Waals surface area contributed by atoms with Crippen LogP contribution in [0.3, 0.4) is 0 Å². The summed E-state index contributed by atoms with van der Waals surface area (Å²) in [5.74, 6) is 8.14. The quantitative estimate of drug-likeness (QED) is 0.141. The number of nitrogens with one attached hydrogen (secondary N) is 2. The molecule has 0 saturated carbocycles. The van der Waals surface area contributed by atoms with Crippen LogP contribution in [0.4, 0.5) is 9.59 Å². The van der Waals surface area contributed by atoms with E-state index in [0.29, 0.717) is 39.1 Å². The van der Waals surface area contributed by atoms with Crippen LogP contribution in [0.5, 0.6) is 11.5 Å². The largest absolute Gasteiger partial charge is 0.493 e. The molecule has 2 aromatic carbocycles. The highest BCUT2D eigenvalue weighted by Crippen LogP contribution is 2.25. The van der Waals surface area contributed by atoms with Crippen molar-refractivity contribution < 1.29 is 28.5 Å². The van der Waals surface area contributed by atoms with Crippen LogP contribution in [0, 0.1) is 22.9 Å². The van der Waals surface area contributed by atoms with Crippen LogP contribution >= 0.6 is 31.9 Å². The van der Waals surface area contributed by atoms with E-state index in [4.69, 9.17) is 18.9 Å². The maximum atomic E-state index is 11.7. The summed E-state index contributed by atoms with van der Waals surface area (Å²) >= 11 is 6.80. The van der Waals surface area contributed by atoms with Crippen LogP contribution < -0.4 is 20.1 Å². The van der Waals surface area contributed by atoms with Crippen molar-refractivity contribution in [2.24, 2.45) is 0 Å². The van der Waals surface area contributed by atoms with Crippen LogP contribution in [0.1, 0.15) is 65.5 Å². The van der Waals surface area contributed by atoms with Gasteiger partial charge in [0, 0.05) is 33.2 Å². The lowest BCUT2D eigenvalue weighted by molar-refractivity contribution is 0.0513. The molecule has 0 aromatic heterocycles. The summed E-state index contributed by atoms with van der Waals surface area (Å²) in [6, 6.07) is 11.7. The second-order valence-corrected chi connectivity index (χ2v) is 26.9. The number of carbonyl (C=O) groups is 2. The van der Waals surface area contributed by atoms with E-state index in [0.717, 1.165) is 31.6 Å². The second kappa shape index (κ2) is 20.8. The van der Waals surface area contributed by atoms with Crippen molar-refractivity contribution >= 4 is 60.2 Å². The molecule has 0 heterocycles. The van der Waals surface area contributed by atoms with Gasteiger partial charge in [-0.3, -0.25) is 0 Å². The molecule has 276 valence electrons. The van der Waals surface area contributed by atoms with E-state index in [2.05, 4.69) is 105 Å². The fraction of sp³-hybridized carbons (Fsp3) is 0.526. The maximum absolute atomic E-state index is 11.7. The number of hydrogen-bond acceptors (Lipinski definition) is 6. The number of amides is 2. The summed E-state index contributed by atoms with van der Waals surface area (Å²) < 4.78 is 23.8. The first-order chi connectivity index (χ1) is 22.9. The molecule has 0 aliphatic carbocycles. The van der Waals surface area contributed by atoms with E-state index in [1.807, 2.05) is 77.9 Å². The number of alkyl carbamates (subject to hydrolysis) is 2. The summed E-state index contributed by atoms with van der Waals surface area (Å²) in [5, 5.41) is 5.43. The Morgan fingerprint density at radius 2 is 0.980 bits per heavy atom. The average Bonchev–Trinajstić information content (AvgIpc) is 2.92. The molecule has 0 radical (unpaired) electrons. The summed E-state index contributed by atoms with van der Waals surface area (Å²) in [7, 11) is -2.94. The normalized spacial score (nSPS) is 11.3. The van der Waals surface area contributed by atoms with Gasteiger partial charge in [0.05, 0.1) is 13.2 Å². The Kier molecular flexibility index (Phi) is 18.8. The monoisotopic (exact) mass is 850 g/mol. The van der Waals surface area contributed by atoms with E-state index in [1.165, 1.54) is 0 Å². The molecule has 50 heavy (non-hydrogen) atoms. The van der Waals surface area contributed by atoms with Gasteiger partial charge in [0.2, 0.25) is 0 Å². The van der Waals surface area contributed by atoms with Crippen LogP contribution in [0.25, 0.3) is 0 Å². The number of rotatable bonds is 10. The number of carbonyl (C=O) groups excluding carboxylic acids is 2. The Labute approximate surface area is 319 Å². The maximum Gasteiger partial charge on any atom is 0.407 e. The fourth-order valence-electron chi connectivity index (χ4n) is 3.49. The molecule has 2 amide bonds. The molecule has 2 N–H and O–H groups in total. The predicted octanol–water partition coefficient (Wildman–Crippen LogP) is 9.94. The molecule has 12 heteroatoms. The van der Waals surface area contributed by atoms with Gasteiger partial charge in [-0.15, -0.1) is 11.1 Å². The van der Waals surface area contributed by atoms with Crippen LogP contribution in [0.2, 0.25) is 39.3 Å². The second-order valence-electron chi connectivity index (χ2n) is 15.6. The van der Waals surface area contributed by atoms with E-state index < -0.39 is 39.5 Å². The van der Waals surface area contributed by atoms with E-state index in [-0.39, 0.29) is 0 Å².